The molecule has 1 rings (SSSR count). The van der Waals surface area contributed by atoms with E-state index in [1.54, 1.807) is 0 Å². The molecule has 28 heavy (non-hydrogen) atoms. The topological polar surface area (TPSA) is 26.3 Å². The van der Waals surface area contributed by atoms with Crippen LogP contribution in [0.25, 0.3) is 6.08 Å². The standard InChI is InChI=1S/C24H31IO2Si/c1-24(2,3)28(4,5)27-20-23-16-12-11-15-22(23)18-21(19-26)14-10-8-6-7-9-13-17-25/h11-12,15-16,18-19H,6-9,20H2,1-5H3. The molecule has 0 amide bonds. The Morgan fingerprint density at radius 3 is 2.39 bits per heavy atom. The molecule has 0 spiro atoms. The third kappa shape index (κ3) is 8.77. The second-order valence-electron chi connectivity index (χ2n) is 8.25. The van der Waals surface area contributed by atoms with Gasteiger partial charge >= 0.3 is 0 Å². The monoisotopic (exact) mass is 506 g/mol. The van der Waals surface area contributed by atoms with Crippen LogP contribution in [0.1, 0.15) is 57.6 Å². The lowest BCUT2D eigenvalue weighted by atomic mass is 10.1. The largest absolute Gasteiger partial charge is 0.413 e. The van der Waals surface area contributed by atoms with Gasteiger partial charge in [-0.1, -0.05) is 62.8 Å². The highest BCUT2D eigenvalue weighted by Gasteiger charge is 2.37. The molecule has 4 heteroatoms. The van der Waals surface area contributed by atoms with Crippen LogP contribution < -0.4 is 0 Å². The van der Waals surface area contributed by atoms with Gasteiger partial charge in [0.25, 0.3) is 0 Å². The highest BCUT2D eigenvalue weighted by atomic mass is 127. The summed E-state index contributed by atoms with van der Waals surface area (Å²) in [7, 11) is -1.83. The van der Waals surface area contributed by atoms with Gasteiger partial charge in [0.15, 0.2) is 14.6 Å². The Kier molecular flexibility index (Phi) is 10.8. The van der Waals surface area contributed by atoms with Gasteiger partial charge in [0.1, 0.15) is 0 Å². The zero-order valence-electron chi connectivity index (χ0n) is 17.7. The maximum absolute atomic E-state index is 11.5. The van der Waals surface area contributed by atoms with E-state index in [9.17, 15) is 4.79 Å². The fourth-order valence-corrected chi connectivity index (χ4v) is 3.41. The van der Waals surface area contributed by atoms with Crippen LogP contribution in [-0.4, -0.2) is 14.6 Å². The quantitative estimate of drug-likeness (QED) is 0.0974. The lowest BCUT2D eigenvalue weighted by Gasteiger charge is -2.36. The van der Waals surface area contributed by atoms with Crippen LogP contribution in [0.3, 0.4) is 0 Å². The van der Waals surface area contributed by atoms with E-state index in [1.807, 2.05) is 24.3 Å². The first-order chi connectivity index (χ1) is 13.2. The molecule has 0 saturated carbocycles. The lowest BCUT2D eigenvalue weighted by molar-refractivity contribution is -0.104. The molecule has 2 nitrogen and oxygen atoms in total. The van der Waals surface area contributed by atoms with Crippen LogP contribution in [0, 0.1) is 21.7 Å². The fraction of sp³-hybridized carbons (Fsp3) is 0.458. The van der Waals surface area contributed by atoms with Gasteiger partial charge in [-0.2, -0.15) is 0 Å². The van der Waals surface area contributed by atoms with Crippen LogP contribution >= 0.6 is 22.6 Å². The van der Waals surface area contributed by atoms with Gasteiger partial charge in [-0.3, -0.25) is 4.79 Å². The van der Waals surface area contributed by atoms with E-state index in [1.165, 1.54) is 0 Å². The van der Waals surface area contributed by atoms with Crippen molar-refractivity contribution in [2.24, 2.45) is 0 Å². The third-order valence-electron chi connectivity index (χ3n) is 5.04. The van der Waals surface area contributed by atoms with Crippen molar-refractivity contribution in [3.63, 3.8) is 0 Å². The molecule has 0 unspecified atom stereocenters. The molecular formula is C24H31IO2Si. The number of carbonyl (C=O) groups is 1. The molecule has 0 aliphatic carbocycles. The Morgan fingerprint density at radius 2 is 1.79 bits per heavy atom. The summed E-state index contributed by atoms with van der Waals surface area (Å²) >= 11 is 2.05. The predicted molar refractivity (Wildman–Crippen MR) is 131 cm³/mol. The zero-order chi connectivity index (χ0) is 21.0. The summed E-state index contributed by atoms with van der Waals surface area (Å²) in [6, 6.07) is 8.06. The van der Waals surface area contributed by atoms with Gasteiger partial charge in [0.05, 0.1) is 12.2 Å². The molecule has 0 aliphatic heterocycles. The van der Waals surface area contributed by atoms with Crippen molar-refractivity contribution in [3.8, 4) is 21.7 Å². The summed E-state index contributed by atoms with van der Waals surface area (Å²) in [4.78, 5) is 11.5. The molecule has 0 heterocycles. The molecule has 0 radical (unpaired) electrons. The Bertz CT molecular complexity index is 796. The highest BCUT2D eigenvalue weighted by Crippen LogP contribution is 2.37. The lowest BCUT2D eigenvalue weighted by Crippen LogP contribution is -2.40. The maximum atomic E-state index is 11.5. The van der Waals surface area contributed by atoms with E-state index >= 15 is 0 Å². The van der Waals surface area contributed by atoms with Crippen molar-refractivity contribution < 1.29 is 9.22 Å². The molecule has 1 aromatic carbocycles. The number of rotatable bonds is 8. The van der Waals surface area contributed by atoms with Crippen molar-refractivity contribution in [3.05, 3.63) is 41.0 Å². The number of hydrogen-bond donors (Lipinski definition) is 0. The number of unbranched alkanes of at least 4 members (excludes halogenated alkanes) is 3. The molecule has 150 valence electrons. The number of allylic oxidation sites excluding steroid dienone is 1. The van der Waals surface area contributed by atoms with Gasteiger partial charge in [0.2, 0.25) is 0 Å². The van der Waals surface area contributed by atoms with Gasteiger partial charge in [-0.25, -0.2) is 0 Å². The average molecular weight is 507 g/mol. The van der Waals surface area contributed by atoms with E-state index in [-0.39, 0.29) is 5.04 Å². The van der Waals surface area contributed by atoms with Crippen molar-refractivity contribution in [1.29, 1.82) is 0 Å². The minimum Gasteiger partial charge on any atom is -0.413 e. The normalized spacial score (nSPS) is 11.9. The van der Waals surface area contributed by atoms with Crippen LogP contribution in [-0.2, 0) is 15.8 Å². The van der Waals surface area contributed by atoms with Crippen LogP contribution in [0.4, 0.5) is 0 Å². The summed E-state index contributed by atoms with van der Waals surface area (Å²) in [5.41, 5.74) is 2.59. The molecule has 0 fully saturated rings. The van der Waals surface area contributed by atoms with Crippen LogP contribution in [0.2, 0.25) is 18.1 Å². The molecule has 0 N–H and O–H groups in total. The van der Waals surface area contributed by atoms with Crippen molar-refractivity contribution in [2.45, 2.75) is 71.2 Å². The summed E-state index contributed by atoms with van der Waals surface area (Å²) in [6.07, 6.45) is 6.43. The smallest absolute Gasteiger partial charge is 0.192 e. The molecular weight excluding hydrogens is 475 g/mol. The van der Waals surface area contributed by atoms with E-state index in [0.717, 1.165) is 43.1 Å². The van der Waals surface area contributed by atoms with Crippen LogP contribution in [0.15, 0.2) is 29.8 Å². The van der Waals surface area contributed by atoms with E-state index in [2.05, 4.69) is 84.2 Å². The molecule has 1 aromatic rings. The molecule has 0 saturated heterocycles. The minimum atomic E-state index is -1.83. The third-order valence-corrected chi connectivity index (χ3v) is 9.90. The fourth-order valence-electron chi connectivity index (χ4n) is 2.19. The predicted octanol–water partition coefficient (Wildman–Crippen LogP) is 6.75. The Labute approximate surface area is 185 Å². The second kappa shape index (κ2) is 12.3. The second-order valence-corrected chi connectivity index (χ2v) is 13.6. The van der Waals surface area contributed by atoms with Crippen molar-refractivity contribution in [2.75, 3.05) is 0 Å². The number of halogens is 1. The first-order valence-electron chi connectivity index (χ1n) is 9.67. The summed E-state index contributed by atoms with van der Waals surface area (Å²) in [5.74, 6) is 9.15. The number of benzene rings is 1. The summed E-state index contributed by atoms with van der Waals surface area (Å²) in [5, 5.41) is 0.166. The molecule has 0 aliphatic rings. The van der Waals surface area contributed by atoms with Gasteiger partial charge in [-0.05, 0) is 52.1 Å². The summed E-state index contributed by atoms with van der Waals surface area (Å²) < 4.78 is 9.22. The van der Waals surface area contributed by atoms with E-state index < -0.39 is 8.32 Å². The SMILES string of the molecule is CC(C)(C)[Si](C)(C)OCc1ccccc1C=C(C#CCCCCC#CI)C=O. The first-order valence-corrected chi connectivity index (χ1v) is 13.7. The average Bonchev–Trinajstić information content (AvgIpc) is 2.64. The summed E-state index contributed by atoms with van der Waals surface area (Å²) in [6.45, 7) is 11.8. The zero-order valence-corrected chi connectivity index (χ0v) is 20.9. The van der Waals surface area contributed by atoms with Crippen LogP contribution in [0.5, 0.6) is 0 Å². The van der Waals surface area contributed by atoms with E-state index in [0.29, 0.717) is 12.2 Å². The van der Waals surface area contributed by atoms with Crippen molar-refractivity contribution in [1.82, 2.24) is 0 Å². The Hall–Kier alpha value is -1.34. The number of carbonyl (C=O) groups excluding carboxylic acids is 1. The van der Waals surface area contributed by atoms with Gasteiger partial charge in [0, 0.05) is 35.4 Å². The number of aldehydes is 1. The first kappa shape index (κ1) is 24.7. The number of hydrogen-bond acceptors (Lipinski definition) is 2. The van der Waals surface area contributed by atoms with Gasteiger partial charge in [-0.15, -0.1) is 0 Å². The maximum Gasteiger partial charge on any atom is 0.192 e. The highest BCUT2D eigenvalue weighted by molar-refractivity contribution is 14.1. The Morgan fingerprint density at radius 1 is 1.14 bits per heavy atom. The van der Waals surface area contributed by atoms with Crippen molar-refractivity contribution >= 4 is 43.3 Å². The molecule has 0 aromatic heterocycles. The van der Waals surface area contributed by atoms with E-state index in [4.69, 9.17) is 4.43 Å². The minimum absolute atomic E-state index is 0.166. The Balaban J connectivity index is 2.83. The molecule has 0 bridgehead atoms. The van der Waals surface area contributed by atoms with Gasteiger partial charge < -0.3 is 4.43 Å². The molecule has 0 atom stereocenters.